The summed E-state index contributed by atoms with van der Waals surface area (Å²) in [6.07, 6.45) is 1.84. The van der Waals surface area contributed by atoms with Gasteiger partial charge >= 0.3 is 0 Å². The van der Waals surface area contributed by atoms with Gasteiger partial charge in [-0.05, 0) is 45.5 Å². The molecule has 1 atom stereocenters. The molecular weight excluding hydrogens is 262 g/mol. The maximum atomic E-state index is 5.96. The summed E-state index contributed by atoms with van der Waals surface area (Å²) in [6, 6.07) is 12.3. The van der Waals surface area contributed by atoms with Gasteiger partial charge in [-0.3, -0.25) is 0 Å². The van der Waals surface area contributed by atoms with Crippen LogP contribution in [0, 0.1) is 0 Å². The number of benzene rings is 1. The van der Waals surface area contributed by atoms with Crippen LogP contribution in [-0.4, -0.2) is 28.5 Å². The first-order chi connectivity index (χ1) is 10.0. The third-order valence-corrected chi connectivity index (χ3v) is 3.16. The molecule has 0 aliphatic carbocycles. The van der Waals surface area contributed by atoms with E-state index in [1.165, 1.54) is 0 Å². The van der Waals surface area contributed by atoms with Gasteiger partial charge in [0.2, 0.25) is 0 Å². The second-order valence-electron chi connectivity index (χ2n) is 6.04. The number of hydrogen-bond donors (Lipinski definition) is 1. The maximum Gasteiger partial charge on any atom is 0.0734 e. The molecule has 0 radical (unpaired) electrons. The van der Waals surface area contributed by atoms with Crippen LogP contribution in [-0.2, 0) is 4.74 Å². The molecule has 1 N–H and O–H groups in total. The van der Waals surface area contributed by atoms with Crippen molar-refractivity contribution in [3.63, 3.8) is 0 Å². The average molecular weight is 287 g/mol. The van der Waals surface area contributed by atoms with Crippen molar-refractivity contribution in [2.24, 2.45) is 0 Å². The van der Waals surface area contributed by atoms with E-state index in [-0.39, 0.29) is 11.6 Å². The minimum Gasteiger partial charge on any atom is -0.374 e. The van der Waals surface area contributed by atoms with Crippen molar-refractivity contribution in [2.45, 2.75) is 39.3 Å². The zero-order chi connectivity index (χ0) is 15.3. The van der Waals surface area contributed by atoms with Gasteiger partial charge in [-0.25, -0.2) is 4.68 Å². The van der Waals surface area contributed by atoms with Gasteiger partial charge in [0.05, 0.1) is 29.6 Å². The second kappa shape index (κ2) is 6.87. The summed E-state index contributed by atoms with van der Waals surface area (Å²) in [6.45, 7) is 9.83. The molecule has 0 amide bonds. The number of nitrogens with zero attached hydrogens (tertiary/aromatic N) is 2. The van der Waals surface area contributed by atoms with Crippen molar-refractivity contribution < 1.29 is 4.74 Å². The molecule has 0 bridgehead atoms. The highest BCUT2D eigenvalue weighted by atomic mass is 16.5. The molecule has 0 aliphatic heterocycles. The summed E-state index contributed by atoms with van der Waals surface area (Å²) in [5, 5.41) is 7.94. The van der Waals surface area contributed by atoms with Crippen molar-refractivity contribution in [1.82, 2.24) is 15.1 Å². The van der Waals surface area contributed by atoms with E-state index in [2.05, 4.69) is 50.2 Å². The van der Waals surface area contributed by atoms with Crippen molar-refractivity contribution in [1.29, 1.82) is 0 Å². The van der Waals surface area contributed by atoms with E-state index in [4.69, 9.17) is 4.74 Å². The molecule has 2 aromatic rings. The fourth-order valence-electron chi connectivity index (χ4n) is 2.19. The van der Waals surface area contributed by atoms with Gasteiger partial charge in [0.25, 0.3) is 0 Å². The molecular formula is C17H25N3O. The Hall–Kier alpha value is -1.65. The van der Waals surface area contributed by atoms with Crippen molar-refractivity contribution in [3.05, 3.63) is 48.3 Å². The summed E-state index contributed by atoms with van der Waals surface area (Å²) in [5.74, 6) is 0. The highest BCUT2D eigenvalue weighted by Gasteiger charge is 2.20. The van der Waals surface area contributed by atoms with Crippen LogP contribution in [0.1, 0.15) is 39.4 Å². The molecule has 1 heterocycles. The van der Waals surface area contributed by atoms with Crippen LogP contribution in [0.4, 0.5) is 0 Å². The van der Waals surface area contributed by atoms with Gasteiger partial charge in [0.15, 0.2) is 0 Å². The first-order valence-corrected chi connectivity index (χ1v) is 7.48. The Kier molecular flexibility index (Phi) is 5.15. The third-order valence-electron chi connectivity index (χ3n) is 3.16. The molecule has 2 rings (SSSR count). The van der Waals surface area contributed by atoms with Gasteiger partial charge in [-0.2, -0.15) is 5.10 Å². The van der Waals surface area contributed by atoms with E-state index in [0.717, 1.165) is 17.9 Å². The van der Waals surface area contributed by atoms with Gasteiger partial charge in [-0.1, -0.05) is 25.1 Å². The van der Waals surface area contributed by atoms with Gasteiger partial charge in [0.1, 0.15) is 0 Å². The van der Waals surface area contributed by atoms with Crippen LogP contribution in [0.2, 0.25) is 0 Å². The average Bonchev–Trinajstić information content (AvgIpc) is 2.92. The SMILES string of the molecule is CCNC(COC(C)(C)C)c1ccnn1-c1ccccc1. The Bertz CT molecular complexity index is 543. The summed E-state index contributed by atoms with van der Waals surface area (Å²) >= 11 is 0. The van der Waals surface area contributed by atoms with Gasteiger partial charge < -0.3 is 10.1 Å². The van der Waals surface area contributed by atoms with E-state index < -0.39 is 0 Å². The van der Waals surface area contributed by atoms with Crippen LogP contribution < -0.4 is 5.32 Å². The summed E-state index contributed by atoms with van der Waals surface area (Å²) in [7, 11) is 0. The van der Waals surface area contributed by atoms with Crippen LogP contribution in [0.3, 0.4) is 0 Å². The molecule has 4 heteroatoms. The maximum absolute atomic E-state index is 5.96. The fourth-order valence-corrected chi connectivity index (χ4v) is 2.19. The lowest BCUT2D eigenvalue weighted by Crippen LogP contribution is -2.31. The number of para-hydroxylation sites is 1. The number of nitrogens with one attached hydrogen (secondary N) is 1. The number of aromatic nitrogens is 2. The Morgan fingerprint density at radius 1 is 1.19 bits per heavy atom. The van der Waals surface area contributed by atoms with E-state index in [9.17, 15) is 0 Å². The van der Waals surface area contributed by atoms with Crippen LogP contribution in [0.15, 0.2) is 42.6 Å². The lowest BCUT2D eigenvalue weighted by molar-refractivity contribution is -0.0153. The Balaban J connectivity index is 2.23. The quantitative estimate of drug-likeness (QED) is 0.885. The van der Waals surface area contributed by atoms with Crippen LogP contribution >= 0.6 is 0 Å². The zero-order valence-corrected chi connectivity index (χ0v) is 13.3. The van der Waals surface area contributed by atoms with Gasteiger partial charge in [0, 0.05) is 6.20 Å². The molecule has 1 unspecified atom stereocenters. The Morgan fingerprint density at radius 2 is 1.90 bits per heavy atom. The van der Waals surface area contributed by atoms with Crippen molar-refractivity contribution >= 4 is 0 Å². The minimum atomic E-state index is -0.148. The molecule has 114 valence electrons. The predicted molar refractivity (Wildman–Crippen MR) is 85.7 cm³/mol. The zero-order valence-electron chi connectivity index (χ0n) is 13.3. The number of likely N-dealkylation sites (N-methyl/N-ethyl adjacent to an activating group) is 1. The van der Waals surface area contributed by atoms with Crippen LogP contribution in [0.25, 0.3) is 5.69 Å². The number of rotatable bonds is 6. The summed E-state index contributed by atoms with van der Waals surface area (Å²) in [4.78, 5) is 0. The molecule has 1 aromatic carbocycles. The monoisotopic (exact) mass is 287 g/mol. The standard InChI is InChI=1S/C17H25N3O/c1-5-18-15(13-21-17(2,3)4)16-11-12-19-20(16)14-9-7-6-8-10-14/h6-12,15,18H,5,13H2,1-4H3. The summed E-state index contributed by atoms with van der Waals surface area (Å²) in [5.41, 5.74) is 2.04. The number of hydrogen-bond acceptors (Lipinski definition) is 3. The molecule has 0 saturated carbocycles. The Morgan fingerprint density at radius 3 is 2.52 bits per heavy atom. The smallest absolute Gasteiger partial charge is 0.0734 e. The first kappa shape index (κ1) is 15.7. The molecule has 0 aliphatic rings. The number of ether oxygens (including phenoxy) is 1. The van der Waals surface area contributed by atoms with E-state index in [1.54, 1.807) is 0 Å². The van der Waals surface area contributed by atoms with Crippen molar-refractivity contribution in [2.75, 3.05) is 13.2 Å². The molecule has 0 spiro atoms. The second-order valence-corrected chi connectivity index (χ2v) is 6.04. The minimum absolute atomic E-state index is 0.122. The highest BCUT2D eigenvalue weighted by Crippen LogP contribution is 2.20. The normalized spacial score (nSPS) is 13.3. The van der Waals surface area contributed by atoms with Crippen molar-refractivity contribution in [3.8, 4) is 5.69 Å². The lowest BCUT2D eigenvalue weighted by atomic mass is 10.1. The first-order valence-electron chi connectivity index (χ1n) is 7.48. The van der Waals surface area contributed by atoms with E-state index >= 15 is 0 Å². The van der Waals surface area contributed by atoms with Crippen LogP contribution in [0.5, 0.6) is 0 Å². The Labute approximate surface area is 127 Å². The third kappa shape index (κ3) is 4.41. The summed E-state index contributed by atoms with van der Waals surface area (Å²) < 4.78 is 7.93. The predicted octanol–water partition coefficient (Wildman–Crippen LogP) is 3.34. The highest BCUT2D eigenvalue weighted by molar-refractivity contribution is 5.33. The molecule has 0 saturated heterocycles. The van der Waals surface area contributed by atoms with E-state index in [1.807, 2.05) is 35.1 Å². The fraction of sp³-hybridized carbons (Fsp3) is 0.471. The lowest BCUT2D eigenvalue weighted by Gasteiger charge is -2.25. The molecule has 1 aromatic heterocycles. The topological polar surface area (TPSA) is 39.1 Å². The van der Waals surface area contributed by atoms with E-state index in [0.29, 0.717) is 6.61 Å². The molecule has 0 fully saturated rings. The largest absolute Gasteiger partial charge is 0.374 e. The van der Waals surface area contributed by atoms with Gasteiger partial charge in [-0.15, -0.1) is 0 Å². The molecule has 21 heavy (non-hydrogen) atoms. The molecule has 4 nitrogen and oxygen atoms in total.